The lowest BCUT2D eigenvalue weighted by atomic mass is 10.1. The summed E-state index contributed by atoms with van der Waals surface area (Å²) >= 11 is 0. The number of nitrogens with zero attached hydrogens (tertiary/aromatic N) is 5. The van der Waals surface area contributed by atoms with Crippen molar-refractivity contribution >= 4 is 5.91 Å². The van der Waals surface area contributed by atoms with Crippen molar-refractivity contribution in [3.8, 4) is 0 Å². The summed E-state index contributed by atoms with van der Waals surface area (Å²) in [5.74, 6) is 1.15. The highest BCUT2D eigenvalue weighted by Gasteiger charge is 2.36. The maximum Gasteiger partial charge on any atom is 0.255 e. The molecule has 0 aliphatic heterocycles. The molecular weight excluding hydrogens is 328 g/mol. The zero-order chi connectivity index (χ0) is 17.9. The van der Waals surface area contributed by atoms with Crippen LogP contribution in [0.15, 0.2) is 49.1 Å². The van der Waals surface area contributed by atoms with Crippen LogP contribution in [0, 0.1) is 5.92 Å². The normalized spacial score (nSPS) is 15.0. The summed E-state index contributed by atoms with van der Waals surface area (Å²) in [5, 5.41) is 11.7. The lowest BCUT2D eigenvalue weighted by Gasteiger charge is -2.17. The third-order valence-corrected chi connectivity index (χ3v) is 4.69. The van der Waals surface area contributed by atoms with Crippen LogP contribution in [-0.4, -0.2) is 30.5 Å². The predicted molar refractivity (Wildman–Crippen MR) is 96.4 cm³/mol. The lowest BCUT2D eigenvalue weighted by Crippen LogP contribution is -2.32. The summed E-state index contributed by atoms with van der Waals surface area (Å²) in [6, 6.07) is 9.97. The third-order valence-electron chi connectivity index (χ3n) is 4.69. The molecule has 0 radical (unpaired) electrons. The second kappa shape index (κ2) is 7.11. The smallest absolute Gasteiger partial charge is 0.255 e. The van der Waals surface area contributed by atoms with Crippen molar-refractivity contribution in [2.45, 2.75) is 38.9 Å². The van der Waals surface area contributed by atoms with Crippen LogP contribution in [0.4, 0.5) is 0 Å². The van der Waals surface area contributed by atoms with Gasteiger partial charge in [-0.2, -0.15) is 10.2 Å². The fraction of sp³-hybridized carbons (Fsp3) is 0.368. The van der Waals surface area contributed by atoms with Gasteiger partial charge in [0.15, 0.2) is 0 Å². The van der Waals surface area contributed by atoms with Crippen LogP contribution in [0.25, 0.3) is 0 Å². The largest absolute Gasteiger partial charge is 0.342 e. The van der Waals surface area contributed by atoms with E-state index < -0.39 is 0 Å². The van der Waals surface area contributed by atoms with Gasteiger partial charge >= 0.3 is 0 Å². The van der Waals surface area contributed by atoms with E-state index in [9.17, 15) is 4.79 Å². The number of hydrogen-bond donors (Lipinski definition) is 1. The van der Waals surface area contributed by atoms with Crippen molar-refractivity contribution in [3.05, 3.63) is 66.0 Å². The lowest BCUT2D eigenvalue weighted by molar-refractivity contribution is 0.0928. The average molecular weight is 350 g/mol. The van der Waals surface area contributed by atoms with E-state index in [1.807, 2.05) is 41.9 Å². The van der Waals surface area contributed by atoms with Gasteiger partial charge in [-0.25, -0.2) is 9.67 Å². The minimum Gasteiger partial charge on any atom is -0.342 e. The molecule has 1 N–H and O–H groups in total. The molecule has 0 spiro atoms. The molecule has 26 heavy (non-hydrogen) atoms. The maximum atomic E-state index is 12.7. The molecule has 1 aliphatic carbocycles. The first-order valence-electron chi connectivity index (χ1n) is 8.99. The zero-order valence-corrected chi connectivity index (χ0v) is 14.7. The molecule has 0 saturated heterocycles. The fourth-order valence-corrected chi connectivity index (χ4v) is 3.14. The molecule has 1 unspecified atom stereocenters. The Kier molecular flexibility index (Phi) is 4.51. The van der Waals surface area contributed by atoms with E-state index in [2.05, 4.69) is 20.5 Å². The Morgan fingerprint density at radius 3 is 2.81 bits per heavy atom. The van der Waals surface area contributed by atoms with E-state index in [0.717, 1.165) is 30.8 Å². The first-order valence-corrected chi connectivity index (χ1v) is 8.99. The monoisotopic (exact) mass is 350 g/mol. The minimum absolute atomic E-state index is 0.0950. The number of aromatic nitrogens is 5. The third kappa shape index (κ3) is 3.51. The molecule has 7 heteroatoms. The highest BCUT2D eigenvalue weighted by atomic mass is 16.1. The van der Waals surface area contributed by atoms with Crippen LogP contribution in [0.2, 0.25) is 0 Å². The van der Waals surface area contributed by atoms with Gasteiger partial charge in [-0.1, -0.05) is 30.3 Å². The second-order valence-electron chi connectivity index (χ2n) is 6.63. The predicted octanol–water partition coefficient (Wildman–Crippen LogP) is 2.42. The van der Waals surface area contributed by atoms with Crippen LogP contribution < -0.4 is 5.32 Å². The summed E-state index contributed by atoms with van der Waals surface area (Å²) in [4.78, 5) is 17.1. The SMILES string of the molecule is CCn1ncnc1C(NC(=O)c1cnn(Cc2ccccc2)c1)C1CC1. The van der Waals surface area contributed by atoms with Gasteiger partial charge in [0.05, 0.1) is 24.3 Å². The van der Waals surface area contributed by atoms with Crippen LogP contribution in [-0.2, 0) is 13.1 Å². The van der Waals surface area contributed by atoms with Crippen molar-refractivity contribution in [3.63, 3.8) is 0 Å². The van der Waals surface area contributed by atoms with Gasteiger partial charge < -0.3 is 5.32 Å². The Bertz CT molecular complexity index is 880. The Balaban J connectivity index is 1.47. The summed E-state index contributed by atoms with van der Waals surface area (Å²) in [6.45, 7) is 3.41. The van der Waals surface area contributed by atoms with Crippen LogP contribution in [0.1, 0.15) is 47.6 Å². The number of hydrogen-bond acceptors (Lipinski definition) is 4. The van der Waals surface area contributed by atoms with Crippen molar-refractivity contribution < 1.29 is 4.79 Å². The maximum absolute atomic E-state index is 12.7. The van der Waals surface area contributed by atoms with E-state index in [1.165, 1.54) is 0 Å². The van der Waals surface area contributed by atoms with Gasteiger partial charge in [0.2, 0.25) is 0 Å². The first kappa shape index (κ1) is 16.5. The second-order valence-corrected chi connectivity index (χ2v) is 6.63. The van der Waals surface area contributed by atoms with E-state index in [4.69, 9.17) is 0 Å². The number of amides is 1. The van der Waals surface area contributed by atoms with Gasteiger partial charge in [-0.3, -0.25) is 9.48 Å². The number of benzene rings is 1. The Labute approximate surface area is 152 Å². The Hall–Kier alpha value is -2.96. The summed E-state index contributed by atoms with van der Waals surface area (Å²) in [5.41, 5.74) is 1.71. The fourth-order valence-electron chi connectivity index (χ4n) is 3.14. The van der Waals surface area contributed by atoms with Crippen molar-refractivity contribution in [2.75, 3.05) is 0 Å². The molecule has 134 valence electrons. The molecule has 4 rings (SSSR count). The van der Waals surface area contributed by atoms with Crippen LogP contribution in [0.5, 0.6) is 0 Å². The summed E-state index contributed by atoms with van der Waals surface area (Å²) in [7, 11) is 0. The number of rotatable bonds is 7. The van der Waals surface area contributed by atoms with E-state index in [1.54, 1.807) is 23.4 Å². The minimum atomic E-state index is -0.119. The summed E-state index contributed by atoms with van der Waals surface area (Å²) in [6.07, 6.45) is 7.17. The molecule has 1 aliphatic rings. The van der Waals surface area contributed by atoms with Crippen molar-refractivity contribution in [2.24, 2.45) is 5.92 Å². The number of aryl methyl sites for hydroxylation is 1. The molecule has 2 aromatic heterocycles. The molecule has 2 heterocycles. The van der Waals surface area contributed by atoms with Gasteiger partial charge in [-0.05, 0) is 31.2 Å². The molecule has 1 aromatic carbocycles. The van der Waals surface area contributed by atoms with Crippen molar-refractivity contribution in [1.82, 2.24) is 29.9 Å². The molecule has 1 atom stereocenters. The van der Waals surface area contributed by atoms with Crippen LogP contribution in [0.3, 0.4) is 0 Å². The van der Waals surface area contributed by atoms with Crippen molar-refractivity contribution in [1.29, 1.82) is 0 Å². The highest BCUT2D eigenvalue weighted by molar-refractivity contribution is 5.93. The average Bonchev–Trinajstić information content (AvgIpc) is 3.21. The topological polar surface area (TPSA) is 77.6 Å². The van der Waals surface area contributed by atoms with Gasteiger partial charge in [0, 0.05) is 12.7 Å². The molecular formula is C19H22N6O. The molecule has 7 nitrogen and oxygen atoms in total. The molecule has 0 bridgehead atoms. The van der Waals surface area contributed by atoms with Gasteiger partial charge in [0.1, 0.15) is 12.2 Å². The quantitative estimate of drug-likeness (QED) is 0.710. The molecule has 3 aromatic rings. The van der Waals surface area contributed by atoms with E-state index >= 15 is 0 Å². The molecule has 1 fully saturated rings. The van der Waals surface area contributed by atoms with E-state index in [0.29, 0.717) is 18.0 Å². The number of carbonyl (C=O) groups is 1. The Morgan fingerprint density at radius 2 is 2.08 bits per heavy atom. The van der Waals surface area contributed by atoms with E-state index in [-0.39, 0.29) is 11.9 Å². The molecule has 1 saturated carbocycles. The van der Waals surface area contributed by atoms with Gasteiger partial charge in [-0.15, -0.1) is 0 Å². The first-order chi connectivity index (χ1) is 12.7. The number of nitrogens with one attached hydrogen (secondary N) is 1. The standard InChI is InChI=1S/C19H22N6O/c1-2-25-18(20-13-22-25)17(15-8-9-15)23-19(26)16-10-21-24(12-16)11-14-6-4-3-5-7-14/h3-7,10,12-13,15,17H,2,8-9,11H2,1H3,(H,23,26). The highest BCUT2D eigenvalue weighted by Crippen LogP contribution is 2.40. The zero-order valence-electron chi connectivity index (χ0n) is 14.7. The van der Waals surface area contributed by atoms with Gasteiger partial charge in [0.25, 0.3) is 5.91 Å². The number of carbonyl (C=O) groups excluding carboxylic acids is 1. The Morgan fingerprint density at radius 1 is 1.27 bits per heavy atom. The molecule has 1 amide bonds. The van der Waals surface area contributed by atoms with Crippen LogP contribution >= 0.6 is 0 Å². The summed E-state index contributed by atoms with van der Waals surface area (Å²) < 4.78 is 3.63.